The summed E-state index contributed by atoms with van der Waals surface area (Å²) in [7, 11) is 0. The minimum atomic E-state index is -0.269. The number of hydrogen-bond acceptors (Lipinski definition) is 2. The fourth-order valence-corrected chi connectivity index (χ4v) is 2.87. The Kier molecular flexibility index (Phi) is 9.81. The first-order chi connectivity index (χ1) is 10.6. The van der Waals surface area contributed by atoms with Crippen LogP contribution in [0.1, 0.15) is 82.0 Å². The number of rotatable bonds is 12. The Labute approximate surface area is 135 Å². The molecule has 0 aromatic heterocycles. The first kappa shape index (κ1) is 18.9. The summed E-state index contributed by atoms with van der Waals surface area (Å²) in [5.74, 6) is 0.647. The molecule has 0 spiro atoms. The molecule has 0 aliphatic carbocycles. The second-order valence-electron chi connectivity index (χ2n) is 6.49. The van der Waals surface area contributed by atoms with E-state index in [-0.39, 0.29) is 11.9 Å². The van der Waals surface area contributed by atoms with Crippen LogP contribution in [0.15, 0.2) is 30.3 Å². The van der Waals surface area contributed by atoms with E-state index in [1.807, 2.05) is 37.3 Å². The Morgan fingerprint density at radius 1 is 1.00 bits per heavy atom. The predicted molar refractivity (Wildman–Crippen MR) is 93.2 cm³/mol. The molecule has 22 heavy (non-hydrogen) atoms. The Hall–Kier alpha value is -1.15. The highest BCUT2D eigenvalue weighted by atomic mass is 16.3. The number of carbonyl (C=O) groups is 1. The van der Waals surface area contributed by atoms with Gasteiger partial charge in [-0.15, -0.1) is 0 Å². The van der Waals surface area contributed by atoms with Crippen molar-refractivity contribution in [1.82, 2.24) is 0 Å². The van der Waals surface area contributed by atoms with Crippen molar-refractivity contribution in [3.8, 4) is 0 Å². The average Bonchev–Trinajstić information content (AvgIpc) is 2.52. The van der Waals surface area contributed by atoms with Gasteiger partial charge in [0.2, 0.25) is 0 Å². The molecule has 0 aliphatic rings. The SMILES string of the molecule is CCCCCCCC(CCC(C)O)CC(=O)c1ccccc1. The average molecular weight is 304 g/mol. The molecule has 2 unspecified atom stereocenters. The molecule has 0 aliphatic heterocycles. The first-order valence-electron chi connectivity index (χ1n) is 8.89. The van der Waals surface area contributed by atoms with Crippen LogP contribution in [-0.2, 0) is 0 Å². The van der Waals surface area contributed by atoms with E-state index in [0.717, 1.165) is 24.8 Å². The molecule has 1 aromatic rings. The highest BCUT2D eigenvalue weighted by molar-refractivity contribution is 5.96. The zero-order valence-electron chi connectivity index (χ0n) is 14.3. The van der Waals surface area contributed by atoms with Gasteiger partial charge in [-0.1, -0.05) is 75.8 Å². The second kappa shape index (κ2) is 11.4. The van der Waals surface area contributed by atoms with Gasteiger partial charge in [-0.2, -0.15) is 0 Å². The molecule has 1 rings (SSSR count). The maximum atomic E-state index is 12.4. The minimum Gasteiger partial charge on any atom is -0.393 e. The molecule has 0 amide bonds. The number of ketones is 1. The summed E-state index contributed by atoms with van der Waals surface area (Å²) >= 11 is 0. The summed E-state index contributed by atoms with van der Waals surface area (Å²) in [4.78, 5) is 12.4. The van der Waals surface area contributed by atoms with Crippen molar-refractivity contribution in [1.29, 1.82) is 0 Å². The molecule has 2 heteroatoms. The Morgan fingerprint density at radius 2 is 1.68 bits per heavy atom. The van der Waals surface area contributed by atoms with E-state index in [2.05, 4.69) is 6.92 Å². The normalized spacial score (nSPS) is 13.8. The molecule has 0 heterocycles. The fraction of sp³-hybridized carbons (Fsp3) is 0.650. The quantitative estimate of drug-likeness (QED) is 0.415. The van der Waals surface area contributed by atoms with Crippen LogP contribution in [0.4, 0.5) is 0 Å². The number of Topliss-reactive ketones (excluding diaryl/α,β-unsaturated/α-hetero) is 1. The summed E-state index contributed by atoms with van der Waals surface area (Å²) in [6.45, 7) is 4.06. The summed E-state index contributed by atoms with van der Waals surface area (Å²) in [5.41, 5.74) is 0.815. The van der Waals surface area contributed by atoms with Gasteiger partial charge in [0.1, 0.15) is 0 Å². The van der Waals surface area contributed by atoms with Gasteiger partial charge in [-0.05, 0) is 25.7 Å². The van der Waals surface area contributed by atoms with E-state index in [0.29, 0.717) is 12.3 Å². The van der Waals surface area contributed by atoms with Gasteiger partial charge < -0.3 is 5.11 Å². The van der Waals surface area contributed by atoms with Crippen molar-refractivity contribution in [2.24, 2.45) is 5.92 Å². The third-order valence-corrected chi connectivity index (χ3v) is 4.28. The summed E-state index contributed by atoms with van der Waals surface area (Å²) in [6.07, 6.45) is 9.52. The van der Waals surface area contributed by atoms with Crippen molar-refractivity contribution in [3.63, 3.8) is 0 Å². The van der Waals surface area contributed by atoms with Gasteiger partial charge in [-0.25, -0.2) is 0 Å². The van der Waals surface area contributed by atoms with Crippen LogP contribution in [-0.4, -0.2) is 17.0 Å². The Bertz CT molecular complexity index is 397. The summed E-state index contributed by atoms with van der Waals surface area (Å²) < 4.78 is 0. The number of unbranched alkanes of at least 4 members (excludes halogenated alkanes) is 4. The fourth-order valence-electron chi connectivity index (χ4n) is 2.87. The van der Waals surface area contributed by atoms with Gasteiger partial charge in [0.25, 0.3) is 0 Å². The standard InChI is InChI=1S/C20H32O2/c1-3-4-5-6-8-11-18(15-14-17(2)21)16-20(22)19-12-9-7-10-13-19/h7,9-10,12-13,17-18,21H,3-6,8,11,14-16H2,1-2H3. The summed E-state index contributed by atoms with van der Waals surface area (Å²) in [6, 6.07) is 9.58. The lowest BCUT2D eigenvalue weighted by Gasteiger charge is -2.17. The van der Waals surface area contributed by atoms with E-state index >= 15 is 0 Å². The van der Waals surface area contributed by atoms with Gasteiger partial charge in [-0.3, -0.25) is 4.79 Å². The lowest BCUT2D eigenvalue weighted by Crippen LogP contribution is -2.12. The van der Waals surface area contributed by atoms with Crippen LogP contribution in [0.2, 0.25) is 0 Å². The molecule has 0 bridgehead atoms. The molecule has 0 radical (unpaired) electrons. The van der Waals surface area contributed by atoms with Gasteiger partial charge in [0.05, 0.1) is 6.10 Å². The smallest absolute Gasteiger partial charge is 0.163 e. The molecular weight excluding hydrogens is 272 g/mol. The van der Waals surface area contributed by atoms with Crippen LogP contribution in [0.5, 0.6) is 0 Å². The molecule has 0 saturated carbocycles. The van der Waals surface area contributed by atoms with E-state index in [1.54, 1.807) is 0 Å². The molecule has 0 saturated heterocycles. The second-order valence-corrected chi connectivity index (χ2v) is 6.49. The third kappa shape index (κ3) is 8.33. The molecular formula is C20H32O2. The lowest BCUT2D eigenvalue weighted by atomic mass is 9.88. The van der Waals surface area contributed by atoms with Crippen LogP contribution >= 0.6 is 0 Å². The van der Waals surface area contributed by atoms with Crippen molar-refractivity contribution in [2.75, 3.05) is 0 Å². The number of benzene rings is 1. The van der Waals surface area contributed by atoms with Crippen molar-refractivity contribution in [2.45, 2.75) is 77.7 Å². The largest absolute Gasteiger partial charge is 0.393 e. The van der Waals surface area contributed by atoms with Crippen molar-refractivity contribution >= 4 is 5.78 Å². The Morgan fingerprint density at radius 3 is 2.32 bits per heavy atom. The summed E-state index contributed by atoms with van der Waals surface area (Å²) in [5, 5.41) is 9.51. The zero-order valence-corrected chi connectivity index (χ0v) is 14.3. The predicted octanol–water partition coefficient (Wildman–Crippen LogP) is 5.40. The topological polar surface area (TPSA) is 37.3 Å². The van der Waals surface area contributed by atoms with E-state index in [4.69, 9.17) is 0 Å². The van der Waals surface area contributed by atoms with E-state index < -0.39 is 0 Å². The lowest BCUT2D eigenvalue weighted by molar-refractivity contribution is 0.0946. The van der Waals surface area contributed by atoms with E-state index in [9.17, 15) is 9.90 Å². The number of aliphatic hydroxyl groups excluding tert-OH is 1. The first-order valence-corrected chi connectivity index (χ1v) is 8.89. The highest BCUT2D eigenvalue weighted by Crippen LogP contribution is 2.23. The monoisotopic (exact) mass is 304 g/mol. The number of carbonyl (C=O) groups excluding carboxylic acids is 1. The molecule has 1 aromatic carbocycles. The van der Waals surface area contributed by atoms with Crippen molar-refractivity contribution < 1.29 is 9.90 Å². The van der Waals surface area contributed by atoms with E-state index in [1.165, 1.54) is 32.1 Å². The number of hydrogen-bond donors (Lipinski definition) is 1. The zero-order chi connectivity index (χ0) is 16.2. The minimum absolute atomic E-state index is 0.241. The Balaban J connectivity index is 2.44. The number of aliphatic hydroxyl groups is 1. The van der Waals surface area contributed by atoms with Gasteiger partial charge >= 0.3 is 0 Å². The van der Waals surface area contributed by atoms with Crippen LogP contribution < -0.4 is 0 Å². The van der Waals surface area contributed by atoms with Crippen LogP contribution in [0.3, 0.4) is 0 Å². The molecule has 2 nitrogen and oxygen atoms in total. The highest BCUT2D eigenvalue weighted by Gasteiger charge is 2.15. The van der Waals surface area contributed by atoms with Gasteiger partial charge in [0.15, 0.2) is 5.78 Å². The van der Waals surface area contributed by atoms with Gasteiger partial charge in [0, 0.05) is 12.0 Å². The van der Waals surface area contributed by atoms with Crippen LogP contribution in [0.25, 0.3) is 0 Å². The maximum absolute atomic E-state index is 12.4. The van der Waals surface area contributed by atoms with Crippen LogP contribution in [0, 0.1) is 5.92 Å². The third-order valence-electron chi connectivity index (χ3n) is 4.28. The molecule has 1 N–H and O–H groups in total. The molecule has 124 valence electrons. The molecule has 2 atom stereocenters. The van der Waals surface area contributed by atoms with Crippen molar-refractivity contribution in [3.05, 3.63) is 35.9 Å². The molecule has 0 fully saturated rings. The maximum Gasteiger partial charge on any atom is 0.163 e.